The maximum atomic E-state index is 13.4. The number of amides is 1. The van der Waals surface area contributed by atoms with Gasteiger partial charge in [-0.15, -0.1) is 0 Å². The molecule has 0 saturated carbocycles. The van der Waals surface area contributed by atoms with Crippen LogP contribution in [-0.2, 0) is 33.2 Å². The molecular formula is C76H143NO18. The Morgan fingerprint density at radius 2 is 0.674 bits per heavy atom. The first-order valence-corrected chi connectivity index (χ1v) is 39.1. The molecular weight excluding hydrogens is 1210 g/mol. The van der Waals surface area contributed by atoms with E-state index < -0.39 is 124 Å². The molecule has 3 aliphatic heterocycles. The maximum absolute atomic E-state index is 13.4. The van der Waals surface area contributed by atoms with Crippen molar-refractivity contribution in [1.29, 1.82) is 0 Å². The van der Waals surface area contributed by atoms with Crippen molar-refractivity contribution in [2.24, 2.45) is 0 Å². The summed E-state index contributed by atoms with van der Waals surface area (Å²) in [4.78, 5) is 13.4. The first-order valence-electron chi connectivity index (χ1n) is 39.1. The molecule has 19 nitrogen and oxygen atoms in total. The van der Waals surface area contributed by atoms with Crippen LogP contribution < -0.4 is 5.32 Å². The second-order valence-corrected chi connectivity index (χ2v) is 28.2. The molecule has 0 aromatic heterocycles. The molecule has 0 aliphatic carbocycles. The van der Waals surface area contributed by atoms with Crippen molar-refractivity contribution in [2.45, 2.75) is 426 Å². The van der Waals surface area contributed by atoms with Crippen molar-refractivity contribution in [2.75, 3.05) is 26.4 Å². The van der Waals surface area contributed by atoms with Crippen molar-refractivity contribution in [3.05, 3.63) is 24.3 Å². The van der Waals surface area contributed by atoms with E-state index in [-0.39, 0.29) is 18.9 Å². The molecule has 3 aliphatic rings. The number of aliphatic hydroxyl groups is 11. The Kier molecular flexibility index (Phi) is 53.3. The standard InChI is InChI=1S/C76H143NO18/c1-3-5-7-9-11-13-15-17-18-19-20-21-22-23-24-25-26-27-28-29-30-31-32-33-34-35-36-37-38-39-40-41-42-44-46-48-50-52-54-64(82)77-59(60(81)53-51-49-47-45-43-16-14-12-10-8-6-4-2)58-90-74-70(88)67(85)72(62(56-79)92-74)95-76-71(89)68(86)73(63(57-80)93-76)94-75-69(87)66(84)65(83)61(55-78)91-75/h43,45,51,53,59-63,65-76,78-81,83-89H,3-42,44,46-50,52,54-58H2,1-2H3,(H,77,82)/b45-43+,53-51+. The van der Waals surface area contributed by atoms with Gasteiger partial charge < -0.3 is 89.9 Å². The van der Waals surface area contributed by atoms with Crippen molar-refractivity contribution in [3.63, 3.8) is 0 Å². The van der Waals surface area contributed by atoms with Gasteiger partial charge in [-0.1, -0.05) is 308 Å². The van der Waals surface area contributed by atoms with Gasteiger partial charge in [0, 0.05) is 6.42 Å². The highest BCUT2D eigenvalue weighted by Gasteiger charge is 2.53. The van der Waals surface area contributed by atoms with E-state index in [1.54, 1.807) is 6.08 Å². The van der Waals surface area contributed by atoms with Gasteiger partial charge in [0.1, 0.15) is 73.2 Å². The van der Waals surface area contributed by atoms with Crippen LogP contribution >= 0.6 is 0 Å². The second-order valence-electron chi connectivity index (χ2n) is 28.2. The summed E-state index contributed by atoms with van der Waals surface area (Å²) in [6, 6.07) is -0.986. The van der Waals surface area contributed by atoms with Gasteiger partial charge in [-0.3, -0.25) is 4.79 Å². The Hall–Kier alpha value is -1.73. The van der Waals surface area contributed by atoms with Crippen molar-refractivity contribution in [1.82, 2.24) is 5.32 Å². The van der Waals surface area contributed by atoms with Gasteiger partial charge in [0.05, 0.1) is 38.6 Å². The Bertz CT molecular complexity index is 1810. The van der Waals surface area contributed by atoms with Crippen molar-refractivity contribution < 1.29 is 89.4 Å². The third-order valence-corrected chi connectivity index (χ3v) is 19.8. The molecule has 3 rings (SSSR count). The fourth-order valence-corrected chi connectivity index (χ4v) is 13.4. The SMILES string of the molecule is CCCCCCCC/C=C/CC/C=C/C(O)C(COC1OC(CO)C(OC2OC(CO)C(OC3OC(CO)C(O)C(O)C3O)C(O)C2O)C(O)C1O)NC(=O)CCCCCCCCCCCCCCCCCCCCCCCCCCCCCCCCCCCCCCCC. The molecule has 95 heavy (non-hydrogen) atoms. The molecule has 0 bridgehead atoms. The number of hydrogen-bond donors (Lipinski definition) is 12. The lowest BCUT2D eigenvalue weighted by atomic mass is 9.96. The fourth-order valence-electron chi connectivity index (χ4n) is 13.4. The van der Waals surface area contributed by atoms with Gasteiger partial charge in [-0.25, -0.2) is 0 Å². The molecule has 3 saturated heterocycles. The topological polar surface area (TPSA) is 307 Å². The maximum Gasteiger partial charge on any atom is 0.220 e. The minimum Gasteiger partial charge on any atom is -0.394 e. The second kappa shape index (κ2) is 57.8. The summed E-state index contributed by atoms with van der Waals surface area (Å²) in [6.45, 7) is 1.72. The number of carbonyl (C=O) groups is 1. The normalized spacial score (nSPS) is 27.3. The van der Waals surface area contributed by atoms with E-state index in [4.69, 9.17) is 28.4 Å². The predicted octanol–water partition coefficient (Wildman–Crippen LogP) is 12.2. The largest absolute Gasteiger partial charge is 0.394 e. The van der Waals surface area contributed by atoms with Crippen LogP contribution in [0.1, 0.15) is 322 Å². The summed E-state index contributed by atoms with van der Waals surface area (Å²) < 4.78 is 34.3. The smallest absolute Gasteiger partial charge is 0.220 e. The average molecular weight is 1360 g/mol. The number of ether oxygens (including phenoxy) is 6. The Morgan fingerprint density at radius 3 is 1.05 bits per heavy atom. The highest BCUT2D eigenvalue weighted by molar-refractivity contribution is 5.76. The van der Waals surface area contributed by atoms with Crippen molar-refractivity contribution in [3.8, 4) is 0 Å². The Morgan fingerprint density at radius 1 is 0.368 bits per heavy atom. The van der Waals surface area contributed by atoms with Crippen LogP contribution in [0.2, 0.25) is 0 Å². The van der Waals surface area contributed by atoms with E-state index in [9.17, 15) is 61.0 Å². The summed E-state index contributed by atoms with van der Waals surface area (Å²) in [6.07, 6.45) is 42.3. The highest BCUT2D eigenvalue weighted by Crippen LogP contribution is 2.33. The van der Waals surface area contributed by atoms with Gasteiger partial charge in [-0.05, 0) is 32.1 Å². The van der Waals surface area contributed by atoms with Crippen LogP contribution in [0.4, 0.5) is 0 Å². The number of hydrogen-bond acceptors (Lipinski definition) is 18. The molecule has 0 aromatic carbocycles. The number of aliphatic hydroxyl groups excluding tert-OH is 11. The van der Waals surface area contributed by atoms with Gasteiger partial charge in [-0.2, -0.15) is 0 Å². The summed E-state index contributed by atoms with van der Waals surface area (Å²) in [7, 11) is 0. The number of rotatable bonds is 62. The number of unbranched alkanes of at least 4 members (excludes halogenated alkanes) is 44. The third kappa shape index (κ3) is 38.8. The molecule has 12 N–H and O–H groups in total. The third-order valence-electron chi connectivity index (χ3n) is 19.8. The zero-order valence-electron chi connectivity index (χ0n) is 59.7. The predicted molar refractivity (Wildman–Crippen MR) is 374 cm³/mol. The number of allylic oxidation sites excluding steroid dienone is 3. The molecule has 3 fully saturated rings. The lowest BCUT2D eigenvalue weighted by Crippen LogP contribution is -2.66. The monoisotopic (exact) mass is 1360 g/mol. The Labute approximate surface area is 575 Å². The van der Waals surface area contributed by atoms with Crippen molar-refractivity contribution >= 4 is 5.91 Å². The summed E-state index contributed by atoms with van der Waals surface area (Å²) in [5.74, 6) is -0.280. The Balaban J connectivity index is 1.28. The molecule has 17 unspecified atom stereocenters. The lowest BCUT2D eigenvalue weighted by Gasteiger charge is -2.48. The zero-order valence-corrected chi connectivity index (χ0v) is 59.7. The minimum absolute atomic E-state index is 0.241. The summed E-state index contributed by atoms with van der Waals surface area (Å²) >= 11 is 0. The molecule has 0 spiro atoms. The molecule has 1 amide bonds. The molecule has 3 heterocycles. The van der Waals surface area contributed by atoms with Gasteiger partial charge in [0.25, 0.3) is 0 Å². The van der Waals surface area contributed by atoms with E-state index in [1.807, 2.05) is 6.08 Å². The first kappa shape index (κ1) is 87.5. The minimum atomic E-state index is -1.98. The van der Waals surface area contributed by atoms with Gasteiger partial charge in [0.15, 0.2) is 18.9 Å². The van der Waals surface area contributed by atoms with Gasteiger partial charge in [0.2, 0.25) is 5.91 Å². The van der Waals surface area contributed by atoms with E-state index in [1.165, 1.54) is 250 Å². The molecule has 0 radical (unpaired) electrons. The number of carbonyl (C=O) groups excluding carboxylic acids is 1. The van der Waals surface area contributed by atoms with Crippen LogP contribution in [0.25, 0.3) is 0 Å². The highest BCUT2D eigenvalue weighted by atomic mass is 16.8. The number of nitrogens with one attached hydrogen (secondary N) is 1. The zero-order chi connectivity index (χ0) is 68.9. The van der Waals surface area contributed by atoms with Crippen LogP contribution in [0, 0.1) is 0 Å². The molecule has 17 atom stereocenters. The van der Waals surface area contributed by atoms with Crippen LogP contribution in [0.5, 0.6) is 0 Å². The molecule has 0 aromatic rings. The van der Waals surface area contributed by atoms with E-state index in [2.05, 4.69) is 31.3 Å². The van der Waals surface area contributed by atoms with E-state index in [0.717, 1.165) is 38.5 Å². The average Bonchev–Trinajstić information content (AvgIpc) is 0.787. The van der Waals surface area contributed by atoms with Crippen LogP contribution in [0.3, 0.4) is 0 Å². The van der Waals surface area contributed by atoms with E-state index >= 15 is 0 Å². The quantitative estimate of drug-likeness (QED) is 0.0199. The van der Waals surface area contributed by atoms with E-state index in [0.29, 0.717) is 12.8 Å². The van der Waals surface area contributed by atoms with Crippen LogP contribution in [-0.4, -0.2) is 193 Å². The first-order chi connectivity index (χ1) is 46.3. The fraction of sp³-hybridized carbons (Fsp3) is 0.934. The summed E-state index contributed by atoms with van der Waals surface area (Å²) in [5.41, 5.74) is 0. The molecule has 560 valence electrons. The summed E-state index contributed by atoms with van der Waals surface area (Å²) in [5, 5.41) is 120. The van der Waals surface area contributed by atoms with Crippen LogP contribution in [0.15, 0.2) is 24.3 Å². The van der Waals surface area contributed by atoms with Gasteiger partial charge >= 0.3 is 0 Å². The lowest BCUT2D eigenvalue weighted by molar-refractivity contribution is -0.379. The molecule has 19 heteroatoms.